The van der Waals surface area contributed by atoms with Gasteiger partial charge in [0.2, 0.25) is 5.95 Å². The largest absolute Gasteiger partial charge is 0.490 e. The summed E-state index contributed by atoms with van der Waals surface area (Å²) < 4.78 is 64.7. The number of hydrogen-bond donors (Lipinski definition) is 5. The van der Waals surface area contributed by atoms with Crippen molar-refractivity contribution in [3.63, 3.8) is 0 Å². The number of imidazole rings is 1. The third-order valence-electron chi connectivity index (χ3n) is 5.25. The van der Waals surface area contributed by atoms with Crippen molar-refractivity contribution >= 4 is 52.5 Å². The molecule has 1 saturated heterocycles. The van der Waals surface area contributed by atoms with Gasteiger partial charge in [0, 0.05) is 13.8 Å². The van der Waals surface area contributed by atoms with E-state index in [-0.39, 0.29) is 12.5 Å². The number of hydrogen-bond acceptors (Lipinski definition) is 15. The standard InChI is InChI=1S/C17H26N5O15P3/c1-8-14-16(21-17(18)20-8)22(7-19-14)4-12-15(34-10(3)24)11(5-32-9(2)23)13(35-12)6-33-39(28,29)37-40(30,31)36-38(25,26)27/h7,11-13,15H,4-6H2,1-3H3,(H,28,29)(H,30,31)(H2,18,20,21)(H2,25,26,27)/t11-,12+,13-,15-/m1/s1. The molecule has 6 N–H and O–H groups in total. The molecule has 1 fully saturated rings. The fraction of sp³-hybridized carbons (Fsp3) is 0.588. The number of esters is 2. The first-order valence-electron chi connectivity index (χ1n) is 11.0. The molecule has 3 heterocycles. The maximum absolute atomic E-state index is 12.2. The van der Waals surface area contributed by atoms with Gasteiger partial charge >= 0.3 is 35.4 Å². The minimum absolute atomic E-state index is 0.0303. The van der Waals surface area contributed by atoms with Crippen LogP contribution in [0.15, 0.2) is 6.33 Å². The predicted molar refractivity (Wildman–Crippen MR) is 129 cm³/mol. The molecule has 0 saturated carbocycles. The molecule has 20 nitrogen and oxygen atoms in total. The van der Waals surface area contributed by atoms with Gasteiger partial charge in [0.1, 0.15) is 24.3 Å². The Hall–Kier alpha value is -2.34. The normalized spacial score (nSPS) is 24.4. The van der Waals surface area contributed by atoms with Gasteiger partial charge in [-0.15, -0.1) is 0 Å². The average molecular weight is 633 g/mol. The number of aryl methyl sites for hydroxylation is 1. The number of nitrogens with zero attached hydrogens (tertiary/aromatic N) is 4. The third kappa shape index (κ3) is 8.83. The first kappa shape index (κ1) is 32.2. The number of ether oxygens (including phenoxy) is 3. The van der Waals surface area contributed by atoms with Crippen LogP contribution >= 0.6 is 23.5 Å². The highest BCUT2D eigenvalue weighted by Gasteiger charge is 2.49. The number of phosphoric acid groups is 3. The Kier molecular flexibility index (Phi) is 9.86. The molecule has 0 radical (unpaired) electrons. The van der Waals surface area contributed by atoms with Gasteiger partial charge < -0.3 is 44.1 Å². The van der Waals surface area contributed by atoms with Crippen molar-refractivity contribution in [1.82, 2.24) is 19.5 Å². The summed E-state index contributed by atoms with van der Waals surface area (Å²) in [6.07, 6.45) is -1.98. The summed E-state index contributed by atoms with van der Waals surface area (Å²) >= 11 is 0. The smallest absolute Gasteiger partial charge is 0.465 e. The number of phosphoric ester groups is 1. The van der Waals surface area contributed by atoms with E-state index in [1.165, 1.54) is 10.9 Å². The van der Waals surface area contributed by atoms with E-state index in [0.29, 0.717) is 16.9 Å². The SMILES string of the molecule is CC(=O)OC[C@H]1[C@@H](OC(C)=O)[C@H](Cn2cnc3c(C)nc(N)nc32)O[C@@H]1COP(=O)(O)OP(=O)(O)OP(=O)(O)O. The second-order valence-electron chi connectivity index (χ2n) is 8.38. The number of nitrogens with two attached hydrogens (primary N) is 1. The molecule has 0 aromatic carbocycles. The van der Waals surface area contributed by atoms with E-state index in [0.717, 1.165) is 13.8 Å². The van der Waals surface area contributed by atoms with Crippen molar-refractivity contribution in [2.75, 3.05) is 18.9 Å². The second-order valence-corrected chi connectivity index (χ2v) is 12.8. The van der Waals surface area contributed by atoms with Gasteiger partial charge in [0.05, 0.1) is 37.2 Å². The second kappa shape index (κ2) is 12.3. The zero-order valence-corrected chi connectivity index (χ0v) is 23.7. The highest BCUT2D eigenvalue weighted by molar-refractivity contribution is 7.66. The highest BCUT2D eigenvalue weighted by Crippen LogP contribution is 2.66. The van der Waals surface area contributed by atoms with Gasteiger partial charge in [-0.3, -0.25) is 14.1 Å². The van der Waals surface area contributed by atoms with Crippen LogP contribution in [0.4, 0.5) is 5.95 Å². The Morgan fingerprint density at radius 3 is 2.30 bits per heavy atom. The van der Waals surface area contributed by atoms with Crippen LogP contribution in [0.1, 0.15) is 19.5 Å². The van der Waals surface area contributed by atoms with Crippen LogP contribution in [0.5, 0.6) is 0 Å². The van der Waals surface area contributed by atoms with Crippen molar-refractivity contribution in [3.8, 4) is 0 Å². The summed E-state index contributed by atoms with van der Waals surface area (Å²) in [6, 6.07) is 0. The molecule has 2 aromatic rings. The summed E-state index contributed by atoms with van der Waals surface area (Å²) in [5, 5.41) is 0. The lowest BCUT2D eigenvalue weighted by Crippen LogP contribution is -2.38. The molecule has 0 bridgehead atoms. The van der Waals surface area contributed by atoms with E-state index in [9.17, 15) is 33.1 Å². The Bertz CT molecular complexity index is 1410. The maximum atomic E-state index is 12.2. The molecule has 2 unspecified atom stereocenters. The molecule has 0 amide bonds. The maximum Gasteiger partial charge on any atom is 0.490 e. The van der Waals surface area contributed by atoms with Crippen molar-refractivity contribution in [1.29, 1.82) is 0 Å². The van der Waals surface area contributed by atoms with Crippen LogP contribution in [0.25, 0.3) is 11.2 Å². The molecule has 3 rings (SSSR count). The third-order valence-corrected chi connectivity index (χ3v) is 9.05. The number of carbonyl (C=O) groups is 2. The van der Waals surface area contributed by atoms with E-state index >= 15 is 0 Å². The Morgan fingerprint density at radius 2 is 1.70 bits per heavy atom. The summed E-state index contributed by atoms with van der Waals surface area (Å²) in [4.78, 5) is 72.4. The number of carbonyl (C=O) groups excluding carboxylic acids is 2. The molecule has 224 valence electrons. The lowest BCUT2D eigenvalue weighted by atomic mass is 9.97. The van der Waals surface area contributed by atoms with E-state index in [1.54, 1.807) is 6.92 Å². The molecule has 0 aliphatic carbocycles. The molecule has 2 aromatic heterocycles. The minimum Gasteiger partial charge on any atom is -0.465 e. The minimum atomic E-state index is -5.76. The summed E-state index contributed by atoms with van der Waals surface area (Å²) in [7, 11) is -16.9. The van der Waals surface area contributed by atoms with Gasteiger partial charge in [-0.05, 0) is 6.92 Å². The molecule has 1 aliphatic rings. The molecule has 40 heavy (non-hydrogen) atoms. The predicted octanol–water partition coefficient (Wildman–Crippen LogP) is -0.0614. The summed E-state index contributed by atoms with van der Waals surface area (Å²) in [5.74, 6) is -2.48. The van der Waals surface area contributed by atoms with Crippen molar-refractivity contribution < 1.29 is 70.2 Å². The molecular weight excluding hydrogens is 607 g/mol. The Balaban J connectivity index is 1.86. The quantitative estimate of drug-likeness (QED) is 0.151. The Labute approximate surface area is 225 Å². The number of aromatic nitrogens is 4. The number of anilines is 1. The Morgan fingerprint density at radius 1 is 1.02 bits per heavy atom. The van der Waals surface area contributed by atoms with Crippen LogP contribution in [-0.2, 0) is 57.2 Å². The van der Waals surface area contributed by atoms with Gasteiger partial charge in [-0.2, -0.15) is 13.6 Å². The summed E-state index contributed by atoms with van der Waals surface area (Å²) in [5.41, 5.74) is 6.99. The fourth-order valence-corrected chi connectivity index (χ4v) is 6.91. The monoisotopic (exact) mass is 633 g/mol. The van der Waals surface area contributed by atoms with Gasteiger partial charge in [0.25, 0.3) is 0 Å². The van der Waals surface area contributed by atoms with Crippen molar-refractivity contribution in [3.05, 3.63) is 12.0 Å². The van der Waals surface area contributed by atoms with Crippen LogP contribution in [-0.4, -0.2) is 82.6 Å². The fourth-order valence-electron chi connectivity index (χ4n) is 3.88. The molecule has 23 heteroatoms. The zero-order chi connectivity index (χ0) is 30.0. The lowest BCUT2D eigenvalue weighted by molar-refractivity contribution is -0.153. The number of rotatable bonds is 12. The van der Waals surface area contributed by atoms with Crippen LogP contribution in [0.2, 0.25) is 0 Å². The average Bonchev–Trinajstić information content (AvgIpc) is 3.29. The summed E-state index contributed by atoms with van der Waals surface area (Å²) in [6.45, 7) is 2.55. The van der Waals surface area contributed by atoms with E-state index < -0.39 is 72.9 Å². The van der Waals surface area contributed by atoms with E-state index in [4.69, 9.17) is 34.3 Å². The van der Waals surface area contributed by atoms with Gasteiger partial charge in [-0.25, -0.2) is 23.7 Å². The molecular formula is C17H26N5O15P3. The van der Waals surface area contributed by atoms with E-state index in [2.05, 4.69) is 23.6 Å². The molecule has 6 atom stereocenters. The topological polar surface area (TPSA) is 291 Å². The van der Waals surface area contributed by atoms with Gasteiger partial charge in [0.15, 0.2) is 5.65 Å². The molecule has 0 spiro atoms. The van der Waals surface area contributed by atoms with E-state index in [1.807, 2.05) is 0 Å². The lowest BCUT2D eigenvalue weighted by Gasteiger charge is -2.24. The molecule has 1 aliphatic heterocycles. The first-order chi connectivity index (χ1) is 18.4. The van der Waals surface area contributed by atoms with Crippen molar-refractivity contribution in [2.45, 2.75) is 45.6 Å². The van der Waals surface area contributed by atoms with Crippen molar-refractivity contribution in [2.24, 2.45) is 5.92 Å². The highest BCUT2D eigenvalue weighted by atomic mass is 31.3. The zero-order valence-electron chi connectivity index (χ0n) is 21.0. The number of fused-ring (bicyclic) bond motifs is 1. The van der Waals surface area contributed by atoms with Crippen LogP contribution in [0, 0.1) is 12.8 Å². The van der Waals surface area contributed by atoms with Crippen LogP contribution in [0.3, 0.4) is 0 Å². The van der Waals surface area contributed by atoms with Crippen LogP contribution < -0.4 is 5.73 Å². The van der Waals surface area contributed by atoms with Gasteiger partial charge in [-0.1, -0.05) is 0 Å². The number of nitrogen functional groups attached to an aromatic ring is 1. The first-order valence-corrected chi connectivity index (χ1v) is 15.6.